The number of furan rings is 1. The van der Waals surface area contributed by atoms with Crippen LogP contribution >= 0.6 is 0 Å². The van der Waals surface area contributed by atoms with E-state index in [1.165, 1.54) is 6.26 Å². The Morgan fingerprint density at radius 2 is 1.61 bits per heavy atom. The van der Waals surface area contributed by atoms with Gasteiger partial charge in [0, 0.05) is 28.6 Å². The van der Waals surface area contributed by atoms with Crippen LogP contribution in [-0.4, -0.2) is 21.6 Å². The van der Waals surface area contributed by atoms with Crippen molar-refractivity contribution in [3.8, 4) is 11.1 Å². The highest BCUT2D eigenvalue weighted by Crippen LogP contribution is 2.40. The zero-order valence-corrected chi connectivity index (χ0v) is 20.2. The first-order valence-corrected chi connectivity index (χ1v) is 12.1. The van der Waals surface area contributed by atoms with Crippen molar-refractivity contribution in [1.29, 1.82) is 0 Å². The first-order chi connectivity index (χ1) is 17.6. The molecule has 0 unspecified atom stereocenters. The third kappa shape index (κ3) is 3.69. The fourth-order valence-corrected chi connectivity index (χ4v) is 5.16. The number of carbonyl (C=O) groups excluding carboxylic acids is 1. The highest BCUT2D eigenvalue weighted by Gasteiger charge is 2.37. The molecule has 36 heavy (non-hydrogen) atoms. The molecule has 5 heteroatoms. The number of fused-ring (bicyclic) bond motifs is 1. The number of para-hydroxylation sites is 1. The molecule has 0 N–H and O–H groups in total. The Morgan fingerprint density at radius 3 is 2.39 bits per heavy atom. The standard InChI is InChI=1S/C31H25N3O2/c1-20-11-6-7-14-23(20)27-19-26(33-34(27)31(35)28-17-10-18-36-28)29-21(2)32-25-16-9-8-15-24(25)30(29)22-12-4-3-5-13-22/h3-18,27H,19H2,1-2H3/t27-/m0/s1. The third-order valence-corrected chi connectivity index (χ3v) is 6.82. The van der Waals surface area contributed by atoms with E-state index in [1.54, 1.807) is 17.1 Å². The molecule has 176 valence electrons. The van der Waals surface area contributed by atoms with Crippen molar-refractivity contribution in [2.45, 2.75) is 26.3 Å². The molecular formula is C31H25N3O2. The van der Waals surface area contributed by atoms with Crippen LogP contribution < -0.4 is 0 Å². The molecule has 1 atom stereocenters. The van der Waals surface area contributed by atoms with Gasteiger partial charge in [-0.15, -0.1) is 0 Å². The third-order valence-electron chi connectivity index (χ3n) is 6.82. The number of aromatic nitrogens is 1. The van der Waals surface area contributed by atoms with Crippen LogP contribution in [0.2, 0.25) is 0 Å². The topological polar surface area (TPSA) is 58.7 Å². The van der Waals surface area contributed by atoms with E-state index in [0.29, 0.717) is 6.42 Å². The molecule has 0 radical (unpaired) electrons. The van der Waals surface area contributed by atoms with Gasteiger partial charge in [0.05, 0.1) is 23.5 Å². The smallest absolute Gasteiger partial charge is 0.310 e. The lowest BCUT2D eigenvalue weighted by Crippen LogP contribution is -2.27. The van der Waals surface area contributed by atoms with Crippen LogP contribution in [-0.2, 0) is 0 Å². The minimum absolute atomic E-state index is 0.242. The molecule has 0 saturated heterocycles. The van der Waals surface area contributed by atoms with Gasteiger partial charge in [-0.2, -0.15) is 5.10 Å². The summed E-state index contributed by atoms with van der Waals surface area (Å²) < 4.78 is 5.46. The van der Waals surface area contributed by atoms with Crippen molar-refractivity contribution >= 4 is 22.5 Å². The lowest BCUT2D eigenvalue weighted by molar-refractivity contribution is 0.0678. The molecule has 5 aromatic rings. The van der Waals surface area contributed by atoms with Crippen molar-refractivity contribution in [1.82, 2.24) is 9.99 Å². The number of aryl methyl sites for hydroxylation is 2. The van der Waals surface area contributed by atoms with E-state index in [1.807, 2.05) is 55.5 Å². The highest BCUT2D eigenvalue weighted by molar-refractivity contribution is 6.14. The number of carbonyl (C=O) groups is 1. The van der Waals surface area contributed by atoms with E-state index >= 15 is 0 Å². The average molecular weight is 472 g/mol. The van der Waals surface area contributed by atoms with Crippen LogP contribution in [0.15, 0.2) is 107 Å². The minimum Gasteiger partial charge on any atom is -0.459 e. The molecule has 0 spiro atoms. The molecule has 6 rings (SSSR count). The Morgan fingerprint density at radius 1 is 0.861 bits per heavy atom. The van der Waals surface area contributed by atoms with Crippen molar-refractivity contribution in [2.24, 2.45) is 5.10 Å². The largest absolute Gasteiger partial charge is 0.459 e. The van der Waals surface area contributed by atoms with Gasteiger partial charge in [0.15, 0.2) is 5.76 Å². The van der Waals surface area contributed by atoms with Crippen molar-refractivity contribution < 1.29 is 9.21 Å². The van der Waals surface area contributed by atoms with Crippen LogP contribution in [0.25, 0.3) is 22.0 Å². The van der Waals surface area contributed by atoms with Gasteiger partial charge >= 0.3 is 5.91 Å². The second-order valence-electron chi connectivity index (χ2n) is 9.08. The molecule has 0 saturated carbocycles. The number of hydrogen-bond acceptors (Lipinski definition) is 4. The first-order valence-electron chi connectivity index (χ1n) is 12.1. The summed E-state index contributed by atoms with van der Waals surface area (Å²) in [6.07, 6.45) is 2.10. The zero-order valence-electron chi connectivity index (χ0n) is 20.2. The van der Waals surface area contributed by atoms with Crippen molar-refractivity contribution in [3.63, 3.8) is 0 Å². The van der Waals surface area contributed by atoms with E-state index in [9.17, 15) is 4.79 Å². The molecule has 0 bridgehead atoms. The molecule has 3 heterocycles. The van der Waals surface area contributed by atoms with Crippen LogP contribution in [0, 0.1) is 13.8 Å². The number of pyridine rings is 1. The van der Waals surface area contributed by atoms with E-state index in [2.05, 4.69) is 37.3 Å². The minimum atomic E-state index is -0.254. The highest BCUT2D eigenvalue weighted by atomic mass is 16.3. The van der Waals surface area contributed by atoms with Crippen LogP contribution in [0.1, 0.15) is 45.4 Å². The molecule has 1 amide bonds. The zero-order chi connectivity index (χ0) is 24.6. The maximum atomic E-state index is 13.5. The number of hydrazone groups is 1. The van der Waals surface area contributed by atoms with Crippen LogP contribution in [0.3, 0.4) is 0 Å². The van der Waals surface area contributed by atoms with Crippen molar-refractivity contribution in [3.05, 3.63) is 125 Å². The summed E-state index contributed by atoms with van der Waals surface area (Å²) in [5, 5.41) is 7.62. The Balaban J connectivity index is 1.57. The summed E-state index contributed by atoms with van der Waals surface area (Å²) in [5.74, 6) is 0.0196. The molecule has 1 aliphatic heterocycles. The number of benzene rings is 3. The number of rotatable bonds is 4. The monoisotopic (exact) mass is 471 g/mol. The van der Waals surface area contributed by atoms with Gasteiger partial charge in [0.25, 0.3) is 0 Å². The Kier molecular flexibility index (Phi) is 5.45. The summed E-state index contributed by atoms with van der Waals surface area (Å²) >= 11 is 0. The summed E-state index contributed by atoms with van der Waals surface area (Å²) in [7, 11) is 0. The second-order valence-corrected chi connectivity index (χ2v) is 9.08. The summed E-state index contributed by atoms with van der Waals surface area (Å²) in [5.41, 5.74) is 8.04. The Hall–Kier alpha value is -4.51. The fraction of sp³-hybridized carbons (Fsp3) is 0.129. The van der Waals surface area contributed by atoms with E-state index in [4.69, 9.17) is 14.5 Å². The maximum Gasteiger partial charge on any atom is 0.310 e. The lowest BCUT2D eigenvalue weighted by Gasteiger charge is -2.22. The Bertz CT molecular complexity index is 1600. The Labute approximate surface area is 209 Å². The molecular weight excluding hydrogens is 446 g/mol. The average Bonchev–Trinajstić information content (AvgIpc) is 3.59. The SMILES string of the molecule is Cc1ccccc1[C@@H]1CC(c2c(C)nc3ccccc3c2-c2ccccc2)=NN1C(=O)c1ccco1. The van der Waals surface area contributed by atoms with E-state index in [-0.39, 0.29) is 17.7 Å². The summed E-state index contributed by atoms with van der Waals surface area (Å²) in [6, 6.07) is 29.9. The molecule has 0 aliphatic carbocycles. The van der Waals surface area contributed by atoms with Gasteiger partial charge < -0.3 is 4.42 Å². The predicted octanol–water partition coefficient (Wildman–Crippen LogP) is 7.10. The van der Waals surface area contributed by atoms with Crippen molar-refractivity contribution in [2.75, 3.05) is 0 Å². The summed E-state index contributed by atoms with van der Waals surface area (Å²) in [6.45, 7) is 4.09. The fourth-order valence-electron chi connectivity index (χ4n) is 5.16. The normalized spacial score (nSPS) is 15.3. The molecule has 5 nitrogen and oxygen atoms in total. The van der Waals surface area contributed by atoms with Gasteiger partial charge in [-0.25, -0.2) is 5.01 Å². The van der Waals surface area contributed by atoms with Gasteiger partial charge in [-0.3, -0.25) is 9.78 Å². The number of hydrogen-bond donors (Lipinski definition) is 0. The molecule has 3 aromatic carbocycles. The van der Waals surface area contributed by atoms with Gasteiger partial charge in [0.2, 0.25) is 0 Å². The molecule has 1 aliphatic rings. The van der Waals surface area contributed by atoms with Crippen LogP contribution in [0.4, 0.5) is 0 Å². The molecule has 2 aromatic heterocycles. The van der Waals surface area contributed by atoms with Gasteiger partial charge in [-0.05, 0) is 48.7 Å². The quantitative estimate of drug-likeness (QED) is 0.281. The summed E-state index contributed by atoms with van der Waals surface area (Å²) in [4.78, 5) is 18.5. The van der Waals surface area contributed by atoms with Gasteiger partial charge in [-0.1, -0.05) is 72.8 Å². The first kappa shape index (κ1) is 22.0. The second kappa shape index (κ2) is 8.93. The van der Waals surface area contributed by atoms with Gasteiger partial charge in [0.1, 0.15) is 0 Å². The maximum absolute atomic E-state index is 13.5. The molecule has 0 fully saturated rings. The van der Waals surface area contributed by atoms with E-state index < -0.39 is 0 Å². The number of amides is 1. The number of nitrogens with zero attached hydrogens (tertiary/aromatic N) is 3. The predicted molar refractivity (Wildman–Crippen MR) is 142 cm³/mol. The van der Waals surface area contributed by atoms with E-state index in [0.717, 1.165) is 50.1 Å². The lowest BCUT2D eigenvalue weighted by atomic mass is 9.88. The van der Waals surface area contributed by atoms with Crippen LogP contribution in [0.5, 0.6) is 0 Å².